The molecule has 0 heterocycles. The summed E-state index contributed by atoms with van der Waals surface area (Å²) in [6, 6.07) is 14.7. The van der Waals surface area contributed by atoms with Crippen molar-refractivity contribution < 1.29 is 24.9 Å². The molecule has 5 N–H and O–H groups in total. The zero-order valence-corrected chi connectivity index (χ0v) is 12.5. The van der Waals surface area contributed by atoms with E-state index in [1.54, 1.807) is 6.07 Å². The summed E-state index contributed by atoms with van der Waals surface area (Å²) in [6.45, 7) is 0. The number of phenolic OH excluding ortho intramolecular Hbond substituents is 1. The molecule has 0 spiro atoms. The minimum absolute atomic E-state index is 0.0358. The van der Waals surface area contributed by atoms with Crippen molar-refractivity contribution in [3.63, 3.8) is 0 Å². The van der Waals surface area contributed by atoms with E-state index >= 15 is 0 Å². The first-order valence-corrected chi connectivity index (χ1v) is 6.91. The molecule has 0 fully saturated rings. The summed E-state index contributed by atoms with van der Waals surface area (Å²) in [5, 5.41) is 28.6. The van der Waals surface area contributed by atoms with Crippen LogP contribution >= 0.6 is 0 Å². The summed E-state index contributed by atoms with van der Waals surface area (Å²) in [7, 11) is 0. The molecule has 0 radical (unpaired) electrons. The van der Waals surface area contributed by atoms with Crippen LogP contribution in [0.5, 0.6) is 11.5 Å². The van der Waals surface area contributed by atoms with Gasteiger partial charge in [0.2, 0.25) is 0 Å². The Labute approximate surface area is 137 Å². The Balaban J connectivity index is 0.000000177. The maximum atomic E-state index is 10.7. The van der Waals surface area contributed by atoms with Gasteiger partial charge >= 0.3 is 5.97 Å². The first-order valence-electron chi connectivity index (χ1n) is 6.91. The summed E-state index contributed by atoms with van der Waals surface area (Å²) in [6.07, 6.45) is 0.678. The number of nitrogen functional groups attached to an aromatic ring is 1. The van der Waals surface area contributed by atoms with Crippen LogP contribution in [0.3, 0.4) is 0 Å². The molecule has 6 nitrogen and oxygen atoms in total. The van der Waals surface area contributed by atoms with E-state index in [1.165, 1.54) is 24.3 Å². The van der Waals surface area contributed by atoms with Crippen LogP contribution in [0.1, 0.15) is 20.7 Å². The largest absolute Gasteiger partial charge is 0.507 e. The normalized spacial score (nSPS) is 9.83. The van der Waals surface area contributed by atoms with Crippen molar-refractivity contribution in [2.24, 2.45) is 0 Å². The lowest BCUT2D eigenvalue weighted by atomic mass is 10.0. The van der Waals surface area contributed by atoms with Gasteiger partial charge in [-0.05, 0) is 29.0 Å². The van der Waals surface area contributed by atoms with Gasteiger partial charge in [-0.3, -0.25) is 4.79 Å². The zero-order chi connectivity index (χ0) is 17.7. The molecule has 0 saturated carbocycles. The number of aromatic carboxylic acids is 1. The van der Waals surface area contributed by atoms with Gasteiger partial charge < -0.3 is 21.1 Å². The van der Waals surface area contributed by atoms with E-state index in [1.807, 2.05) is 24.3 Å². The number of phenols is 2. The van der Waals surface area contributed by atoms with Gasteiger partial charge in [0.25, 0.3) is 0 Å². The fourth-order valence-corrected chi connectivity index (χ4v) is 2.14. The summed E-state index contributed by atoms with van der Waals surface area (Å²) in [5.74, 6) is -1.44. The molecule has 0 aliphatic rings. The van der Waals surface area contributed by atoms with E-state index in [-0.39, 0.29) is 17.1 Å². The molecular formula is C18H15NO5. The van der Waals surface area contributed by atoms with Gasteiger partial charge in [0.15, 0.2) is 6.29 Å². The van der Waals surface area contributed by atoms with E-state index in [4.69, 9.17) is 15.9 Å². The number of rotatable bonds is 2. The number of aromatic hydroxyl groups is 2. The third-order valence-corrected chi connectivity index (χ3v) is 3.32. The number of carboxylic acid groups (broad SMARTS) is 1. The molecule has 0 amide bonds. The number of anilines is 1. The van der Waals surface area contributed by atoms with Crippen molar-refractivity contribution in [1.29, 1.82) is 0 Å². The smallest absolute Gasteiger partial charge is 0.339 e. The van der Waals surface area contributed by atoms with Crippen molar-refractivity contribution >= 4 is 28.7 Å². The number of fused-ring (bicyclic) bond motifs is 1. The summed E-state index contributed by atoms with van der Waals surface area (Å²) >= 11 is 0. The van der Waals surface area contributed by atoms with Crippen LogP contribution in [-0.2, 0) is 0 Å². The topological polar surface area (TPSA) is 121 Å². The Hall–Kier alpha value is -3.54. The van der Waals surface area contributed by atoms with Gasteiger partial charge in [-0.15, -0.1) is 0 Å². The maximum absolute atomic E-state index is 10.7. The van der Waals surface area contributed by atoms with Crippen molar-refractivity contribution in [3.05, 3.63) is 65.7 Å². The second kappa shape index (κ2) is 7.15. The Bertz CT molecular complexity index is 905. The average molecular weight is 325 g/mol. The fourth-order valence-electron chi connectivity index (χ4n) is 2.14. The summed E-state index contributed by atoms with van der Waals surface area (Å²) in [5.41, 5.74) is 5.83. The number of carboxylic acids is 1. The summed E-state index contributed by atoms with van der Waals surface area (Å²) < 4.78 is 0. The molecule has 3 aromatic rings. The van der Waals surface area contributed by atoms with Crippen LogP contribution in [0.4, 0.5) is 5.69 Å². The Morgan fingerprint density at radius 2 is 1.67 bits per heavy atom. The van der Waals surface area contributed by atoms with Gasteiger partial charge in [-0.1, -0.05) is 30.3 Å². The van der Waals surface area contributed by atoms with Crippen molar-refractivity contribution in [1.82, 2.24) is 0 Å². The fraction of sp³-hybridized carbons (Fsp3) is 0. The highest BCUT2D eigenvalue weighted by Gasteiger charge is 2.07. The average Bonchev–Trinajstić information content (AvgIpc) is 2.55. The second-order valence-electron chi connectivity index (χ2n) is 4.92. The van der Waals surface area contributed by atoms with Crippen LogP contribution in [-0.4, -0.2) is 27.6 Å². The lowest BCUT2D eigenvalue weighted by Crippen LogP contribution is -1.97. The molecule has 0 saturated heterocycles. The number of carbonyl (C=O) groups excluding carboxylic acids is 1. The summed E-state index contributed by atoms with van der Waals surface area (Å²) in [4.78, 5) is 21.0. The third kappa shape index (κ3) is 3.61. The van der Waals surface area contributed by atoms with Gasteiger partial charge in [0, 0.05) is 11.8 Å². The molecule has 0 aliphatic heterocycles. The van der Waals surface area contributed by atoms with E-state index in [0.717, 1.165) is 10.8 Å². The Morgan fingerprint density at radius 3 is 2.29 bits per heavy atom. The molecule has 0 atom stereocenters. The second-order valence-corrected chi connectivity index (χ2v) is 4.92. The van der Waals surface area contributed by atoms with E-state index in [9.17, 15) is 14.7 Å². The molecule has 122 valence electrons. The molecule has 24 heavy (non-hydrogen) atoms. The highest BCUT2D eigenvalue weighted by molar-refractivity contribution is 6.00. The number of benzene rings is 3. The Morgan fingerprint density at radius 1 is 0.958 bits per heavy atom. The van der Waals surface area contributed by atoms with Crippen molar-refractivity contribution in [3.8, 4) is 11.5 Å². The molecule has 3 rings (SSSR count). The highest BCUT2D eigenvalue weighted by atomic mass is 16.4. The number of hydrogen-bond acceptors (Lipinski definition) is 5. The molecule has 0 unspecified atom stereocenters. The Kier molecular flexibility index (Phi) is 5.01. The SMILES string of the molecule is Nc1ccc(C(=O)O)c(O)c1.O=Cc1c(O)ccc2ccccc12. The molecule has 6 heteroatoms. The van der Waals surface area contributed by atoms with E-state index in [0.29, 0.717) is 17.5 Å². The molecule has 0 aliphatic carbocycles. The molecular weight excluding hydrogens is 310 g/mol. The van der Waals surface area contributed by atoms with Crippen LogP contribution in [0.2, 0.25) is 0 Å². The van der Waals surface area contributed by atoms with E-state index in [2.05, 4.69) is 0 Å². The zero-order valence-electron chi connectivity index (χ0n) is 12.5. The van der Waals surface area contributed by atoms with E-state index < -0.39 is 5.97 Å². The molecule has 0 aromatic heterocycles. The van der Waals surface area contributed by atoms with Crippen LogP contribution < -0.4 is 5.73 Å². The molecule has 3 aromatic carbocycles. The number of carbonyl (C=O) groups is 2. The van der Waals surface area contributed by atoms with Gasteiger partial charge in [-0.25, -0.2) is 4.79 Å². The van der Waals surface area contributed by atoms with Crippen LogP contribution in [0.25, 0.3) is 10.8 Å². The van der Waals surface area contributed by atoms with Crippen LogP contribution in [0, 0.1) is 0 Å². The molecule has 0 bridgehead atoms. The lowest BCUT2D eigenvalue weighted by molar-refractivity contribution is 0.0693. The number of aldehydes is 1. The standard InChI is InChI=1S/C11H8O2.C7H7NO3/c12-7-10-9-4-2-1-3-8(9)5-6-11(10)13;8-4-1-2-5(7(10)11)6(9)3-4/h1-7,13H;1-3,9H,8H2,(H,10,11). The third-order valence-electron chi connectivity index (χ3n) is 3.32. The predicted molar refractivity (Wildman–Crippen MR) is 90.5 cm³/mol. The maximum Gasteiger partial charge on any atom is 0.339 e. The van der Waals surface area contributed by atoms with Gasteiger partial charge in [0.1, 0.15) is 17.1 Å². The first kappa shape index (κ1) is 16.8. The quantitative estimate of drug-likeness (QED) is 0.424. The predicted octanol–water partition coefficient (Wildman–Crippen LogP) is 3.03. The number of hydrogen-bond donors (Lipinski definition) is 4. The van der Waals surface area contributed by atoms with Crippen molar-refractivity contribution in [2.45, 2.75) is 0 Å². The van der Waals surface area contributed by atoms with Crippen molar-refractivity contribution in [2.75, 3.05) is 5.73 Å². The monoisotopic (exact) mass is 325 g/mol. The number of nitrogens with two attached hydrogens (primary N) is 1. The lowest BCUT2D eigenvalue weighted by Gasteiger charge is -2.01. The van der Waals surface area contributed by atoms with Crippen LogP contribution in [0.15, 0.2) is 54.6 Å². The first-order chi connectivity index (χ1) is 11.4. The van der Waals surface area contributed by atoms with Gasteiger partial charge in [-0.2, -0.15) is 0 Å². The minimum atomic E-state index is -1.16. The minimum Gasteiger partial charge on any atom is -0.507 e. The van der Waals surface area contributed by atoms with Gasteiger partial charge in [0.05, 0.1) is 5.56 Å². The highest BCUT2D eigenvalue weighted by Crippen LogP contribution is 2.25.